The number of carbonyl (C=O) groups is 3. The highest BCUT2D eigenvalue weighted by atomic mass is 16.6. The van der Waals surface area contributed by atoms with Gasteiger partial charge in [-0.3, -0.25) is 25.1 Å². The van der Waals surface area contributed by atoms with E-state index in [4.69, 9.17) is 0 Å². The average molecular weight is 445 g/mol. The lowest BCUT2D eigenvalue weighted by Gasteiger charge is -2.22. The van der Waals surface area contributed by atoms with Crippen LogP contribution in [-0.4, -0.2) is 27.8 Å². The first kappa shape index (κ1) is 21.5. The Morgan fingerprint density at radius 3 is 2.27 bits per heavy atom. The molecule has 166 valence electrons. The molecule has 4 rings (SSSR count). The second kappa shape index (κ2) is 8.42. The van der Waals surface area contributed by atoms with Crippen molar-refractivity contribution >= 4 is 34.9 Å². The molecular weight excluding hydrogens is 426 g/mol. The maximum atomic E-state index is 12.9. The SMILES string of the molecule is CC1(c2ccccc2)NC(=O)N(NC(=O)c2ccc(Nc3ccccc3)c([N+](=O)[O-])c2)C1=O. The van der Waals surface area contributed by atoms with Crippen LogP contribution in [0.15, 0.2) is 78.9 Å². The van der Waals surface area contributed by atoms with E-state index in [1.54, 1.807) is 54.6 Å². The molecule has 3 aromatic rings. The molecule has 10 nitrogen and oxygen atoms in total. The molecule has 1 heterocycles. The molecule has 1 aliphatic rings. The van der Waals surface area contributed by atoms with Crippen LogP contribution >= 0.6 is 0 Å². The molecule has 33 heavy (non-hydrogen) atoms. The van der Waals surface area contributed by atoms with Gasteiger partial charge in [-0.1, -0.05) is 48.5 Å². The van der Waals surface area contributed by atoms with Crippen LogP contribution in [0.25, 0.3) is 0 Å². The van der Waals surface area contributed by atoms with Gasteiger partial charge in [-0.05, 0) is 36.8 Å². The summed E-state index contributed by atoms with van der Waals surface area (Å²) < 4.78 is 0. The Labute approximate surface area is 188 Å². The number of benzene rings is 3. The molecule has 3 aromatic carbocycles. The Balaban J connectivity index is 1.56. The van der Waals surface area contributed by atoms with Crippen LogP contribution in [0.4, 0.5) is 21.9 Å². The zero-order chi connectivity index (χ0) is 23.6. The highest BCUT2D eigenvalue weighted by molar-refractivity contribution is 6.09. The molecule has 0 spiro atoms. The minimum atomic E-state index is -1.36. The fraction of sp³-hybridized carbons (Fsp3) is 0.0870. The van der Waals surface area contributed by atoms with Gasteiger partial charge in [0.25, 0.3) is 17.5 Å². The van der Waals surface area contributed by atoms with E-state index in [1.165, 1.54) is 19.1 Å². The van der Waals surface area contributed by atoms with Gasteiger partial charge >= 0.3 is 6.03 Å². The first-order valence-electron chi connectivity index (χ1n) is 9.93. The van der Waals surface area contributed by atoms with E-state index in [0.717, 1.165) is 6.07 Å². The van der Waals surface area contributed by atoms with E-state index in [1.807, 2.05) is 6.07 Å². The number of nitrogens with zero attached hydrogens (tertiary/aromatic N) is 2. The molecular formula is C23H19N5O5. The summed E-state index contributed by atoms with van der Waals surface area (Å²) in [6.45, 7) is 1.53. The summed E-state index contributed by atoms with van der Waals surface area (Å²) in [4.78, 5) is 49.1. The number of carbonyl (C=O) groups excluding carboxylic acids is 3. The third kappa shape index (κ3) is 4.09. The van der Waals surface area contributed by atoms with Crippen molar-refractivity contribution in [1.29, 1.82) is 0 Å². The summed E-state index contributed by atoms with van der Waals surface area (Å²) >= 11 is 0. The molecule has 3 N–H and O–H groups in total. The monoisotopic (exact) mass is 445 g/mol. The molecule has 0 radical (unpaired) electrons. The van der Waals surface area contributed by atoms with Crippen LogP contribution in [0, 0.1) is 10.1 Å². The van der Waals surface area contributed by atoms with Gasteiger partial charge in [-0.15, -0.1) is 0 Å². The number of nitro benzene ring substituents is 1. The third-order valence-corrected chi connectivity index (χ3v) is 5.26. The van der Waals surface area contributed by atoms with Gasteiger partial charge < -0.3 is 10.6 Å². The second-order valence-electron chi connectivity index (χ2n) is 7.48. The Kier molecular flexibility index (Phi) is 5.49. The van der Waals surface area contributed by atoms with E-state index in [-0.39, 0.29) is 16.9 Å². The Morgan fingerprint density at radius 2 is 1.64 bits per heavy atom. The summed E-state index contributed by atoms with van der Waals surface area (Å²) in [5.41, 5.74) is 1.83. The zero-order valence-electron chi connectivity index (χ0n) is 17.4. The number of imide groups is 1. The number of anilines is 2. The Hall–Kier alpha value is -4.73. The maximum absolute atomic E-state index is 12.9. The number of hydrazine groups is 1. The minimum absolute atomic E-state index is 0.0887. The summed E-state index contributed by atoms with van der Waals surface area (Å²) in [6, 6.07) is 20.5. The highest BCUT2D eigenvalue weighted by Crippen LogP contribution is 2.30. The number of hydrogen-bond donors (Lipinski definition) is 3. The van der Waals surface area contributed by atoms with Gasteiger partial charge in [-0.25, -0.2) is 4.79 Å². The Morgan fingerprint density at radius 1 is 1.00 bits per heavy atom. The smallest absolute Gasteiger partial charge is 0.344 e. The number of hydrogen-bond acceptors (Lipinski definition) is 6. The molecule has 1 aliphatic heterocycles. The van der Waals surface area contributed by atoms with Gasteiger partial charge in [0.05, 0.1) is 4.92 Å². The quantitative estimate of drug-likeness (QED) is 0.302. The predicted molar refractivity (Wildman–Crippen MR) is 119 cm³/mol. The van der Waals surface area contributed by atoms with Gasteiger partial charge in [0, 0.05) is 17.3 Å². The van der Waals surface area contributed by atoms with Crippen LogP contribution in [-0.2, 0) is 10.3 Å². The number of amides is 4. The molecule has 4 amide bonds. The average Bonchev–Trinajstić information content (AvgIpc) is 3.04. The van der Waals surface area contributed by atoms with Gasteiger partial charge in [0.1, 0.15) is 11.2 Å². The molecule has 1 fully saturated rings. The normalized spacial score (nSPS) is 17.4. The first-order chi connectivity index (χ1) is 15.8. The lowest BCUT2D eigenvalue weighted by atomic mass is 9.92. The fourth-order valence-electron chi connectivity index (χ4n) is 3.48. The predicted octanol–water partition coefficient (Wildman–Crippen LogP) is 3.45. The van der Waals surface area contributed by atoms with Crippen molar-refractivity contribution in [3.63, 3.8) is 0 Å². The van der Waals surface area contributed by atoms with Crippen LogP contribution in [0.3, 0.4) is 0 Å². The lowest BCUT2D eigenvalue weighted by Crippen LogP contribution is -2.47. The van der Waals surface area contributed by atoms with Crippen molar-refractivity contribution in [2.45, 2.75) is 12.5 Å². The fourth-order valence-corrected chi connectivity index (χ4v) is 3.48. The van der Waals surface area contributed by atoms with Crippen LogP contribution in [0.5, 0.6) is 0 Å². The zero-order valence-corrected chi connectivity index (χ0v) is 17.4. The van der Waals surface area contributed by atoms with Crippen LogP contribution in [0.2, 0.25) is 0 Å². The summed E-state index contributed by atoms with van der Waals surface area (Å²) in [7, 11) is 0. The van der Waals surface area contributed by atoms with E-state index >= 15 is 0 Å². The molecule has 10 heteroatoms. The topological polar surface area (TPSA) is 134 Å². The maximum Gasteiger partial charge on any atom is 0.344 e. The molecule has 1 saturated heterocycles. The molecule has 1 unspecified atom stereocenters. The standard InChI is InChI=1S/C23H19N5O5/c1-23(16-8-4-2-5-9-16)21(30)27(22(31)25-23)26-20(29)15-12-13-18(19(14-15)28(32)33)24-17-10-6-3-7-11-17/h2-14,24H,1H3,(H,25,31)(H,26,29). The van der Waals surface area contributed by atoms with E-state index in [2.05, 4.69) is 16.1 Å². The number of urea groups is 1. The van der Waals surface area contributed by atoms with Crippen molar-refractivity contribution < 1.29 is 19.3 Å². The molecule has 0 saturated carbocycles. The van der Waals surface area contributed by atoms with Gasteiger partial charge in [0.15, 0.2) is 0 Å². The lowest BCUT2D eigenvalue weighted by molar-refractivity contribution is -0.383. The second-order valence-corrected chi connectivity index (χ2v) is 7.48. The first-order valence-corrected chi connectivity index (χ1v) is 9.93. The van der Waals surface area contributed by atoms with E-state index < -0.39 is 28.3 Å². The molecule has 0 bridgehead atoms. The molecule has 0 aliphatic carbocycles. The van der Waals surface area contributed by atoms with Crippen molar-refractivity contribution in [3.8, 4) is 0 Å². The summed E-state index contributed by atoms with van der Waals surface area (Å²) in [5.74, 6) is -1.52. The van der Waals surface area contributed by atoms with Crippen molar-refractivity contribution in [3.05, 3.63) is 100 Å². The third-order valence-electron chi connectivity index (χ3n) is 5.26. The van der Waals surface area contributed by atoms with Crippen molar-refractivity contribution in [2.75, 3.05) is 5.32 Å². The van der Waals surface area contributed by atoms with Gasteiger partial charge in [-0.2, -0.15) is 5.01 Å². The number of nitrogens with one attached hydrogen (secondary N) is 3. The largest absolute Gasteiger partial charge is 0.350 e. The van der Waals surface area contributed by atoms with Crippen molar-refractivity contribution in [1.82, 2.24) is 15.8 Å². The summed E-state index contributed by atoms with van der Waals surface area (Å²) in [5, 5.41) is 17.7. The number of nitro groups is 1. The number of para-hydroxylation sites is 1. The number of rotatable bonds is 6. The van der Waals surface area contributed by atoms with E-state index in [0.29, 0.717) is 16.3 Å². The highest BCUT2D eigenvalue weighted by Gasteiger charge is 2.50. The molecule has 1 atom stereocenters. The minimum Gasteiger partial charge on any atom is -0.350 e. The van der Waals surface area contributed by atoms with E-state index in [9.17, 15) is 24.5 Å². The summed E-state index contributed by atoms with van der Waals surface area (Å²) in [6.07, 6.45) is 0. The Bertz CT molecular complexity index is 1250. The van der Waals surface area contributed by atoms with Crippen LogP contribution in [0.1, 0.15) is 22.8 Å². The van der Waals surface area contributed by atoms with Crippen LogP contribution < -0.4 is 16.1 Å². The van der Waals surface area contributed by atoms with Crippen molar-refractivity contribution in [2.24, 2.45) is 0 Å². The molecule has 0 aromatic heterocycles. The van der Waals surface area contributed by atoms with Gasteiger partial charge in [0.2, 0.25) is 0 Å².